The number of hydrogen-bond donors (Lipinski definition) is 2. The molecule has 2 N–H and O–H groups in total. The molecule has 0 atom stereocenters. The van der Waals surface area contributed by atoms with Gasteiger partial charge in [-0.15, -0.1) is 0 Å². The first-order chi connectivity index (χ1) is 3.00. The molecular weight excluding hydrogens is 331 g/mol. The summed E-state index contributed by atoms with van der Waals surface area (Å²) in [5.41, 5.74) is 0. The van der Waals surface area contributed by atoms with Gasteiger partial charge in [-0.3, -0.25) is 9.11 Å². The average Bonchev–Trinajstić information content (AvgIpc) is 1.36. The van der Waals surface area contributed by atoms with Crippen molar-refractivity contribution in [3.63, 3.8) is 0 Å². The Morgan fingerprint density at radius 1 is 1.25 bits per heavy atom. The van der Waals surface area contributed by atoms with E-state index in [0.717, 1.165) is 16.6 Å². The van der Waals surface area contributed by atoms with Crippen LogP contribution >= 0.6 is 10.1 Å². The van der Waals surface area contributed by atoms with E-state index in [-0.39, 0.29) is 48.9 Å². The average molecular weight is 335 g/mol. The van der Waals surface area contributed by atoms with Crippen LogP contribution in [0.5, 0.6) is 0 Å². The monoisotopic (exact) mass is 334 g/mol. The van der Waals surface area contributed by atoms with Crippen molar-refractivity contribution in [1.29, 1.82) is 0 Å². The van der Waals surface area contributed by atoms with Gasteiger partial charge in [0.25, 0.3) is 0 Å². The first-order valence-corrected chi connectivity index (χ1v) is 6.60. The molecule has 0 unspecified atom stereocenters. The van der Waals surface area contributed by atoms with Gasteiger partial charge in [-0.25, -0.2) is 0 Å². The van der Waals surface area contributed by atoms with Crippen LogP contribution in [0.25, 0.3) is 0 Å². The summed E-state index contributed by atoms with van der Waals surface area (Å²) in [6, 6.07) is 0. The van der Waals surface area contributed by atoms with Gasteiger partial charge < -0.3 is 0 Å². The minimum atomic E-state index is -4.67. The Morgan fingerprint density at radius 3 is 1.25 bits per heavy atom. The molecule has 0 rings (SSSR count). The van der Waals surface area contributed by atoms with Crippen molar-refractivity contribution in [2.24, 2.45) is 0 Å². The molecule has 0 saturated carbocycles. The molecule has 0 aliphatic rings. The zero-order chi connectivity index (χ0) is 6.50. The summed E-state index contributed by atoms with van der Waals surface area (Å²) >= 11 is 0.958. The predicted molar refractivity (Wildman–Crippen MR) is 30.3 cm³/mol. The van der Waals surface area contributed by atoms with Gasteiger partial charge in [-0.1, -0.05) is 0 Å². The van der Waals surface area contributed by atoms with E-state index in [1.165, 1.54) is 0 Å². The Labute approximate surface area is 101 Å². The van der Waals surface area contributed by atoms with E-state index in [2.05, 4.69) is 10.1 Å². The molecule has 8 heavy (non-hydrogen) atoms. The third-order valence-electron chi connectivity index (χ3n) is 0. The molecule has 44 valence electrons. The molecule has 0 amide bonds. The summed E-state index contributed by atoms with van der Waals surface area (Å²) < 4.78 is 31.6. The number of hydrogen-bond acceptors (Lipinski definition) is 3. The zero-order valence-corrected chi connectivity index (χ0v) is 7.83. The molecule has 8 heteroatoms. The molecule has 0 aliphatic carbocycles. The fourth-order valence-electron chi connectivity index (χ4n) is 0. The SMILES string of the molecule is O=S(=O)(O)O.[BaH2].[S]=[Zn]. The van der Waals surface area contributed by atoms with Crippen molar-refractivity contribution >= 4 is 69.4 Å². The Morgan fingerprint density at radius 2 is 1.25 bits per heavy atom. The van der Waals surface area contributed by atoms with E-state index in [9.17, 15) is 0 Å². The summed E-state index contributed by atoms with van der Waals surface area (Å²) in [4.78, 5) is 0. The van der Waals surface area contributed by atoms with Gasteiger partial charge in [0, 0.05) is 0 Å². The van der Waals surface area contributed by atoms with Crippen LogP contribution in [0.2, 0.25) is 0 Å². The van der Waals surface area contributed by atoms with Crippen LogP contribution in [0.1, 0.15) is 0 Å². The third-order valence-corrected chi connectivity index (χ3v) is 0. The normalized spacial score (nSPS) is 8.00. The molecule has 0 fully saturated rings. The zero-order valence-electron chi connectivity index (χ0n) is 3.23. The maximum atomic E-state index is 8.74. The Kier molecular flexibility index (Phi) is 19.4. The van der Waals surface area contributed by atoms with E-state index in [4.69, 9.17) is 17.5 Å². The Bertz CT molecular complexity index is 108. The molecule has 0 heterocycles. The van der Waals surface area contributed by atoms with Crippen molar-refractivity contribution in [2.75, 3.05) is 0 Å². The van der Waals surface area contributed by atoms with Gasteiger partial charge >= 0.3 is 86.0 Å². The topological polar surface area (TPSA) is 74.6 Å². The molecular formula is H4BaO4S2Zn. The molecule has 0 aromatic rings. The quantitative estimate of drug-likeness (QED) is 0.442. The van der Waals surface area contributed by atoms with Crippen LogP contribution in [-0.2, 0) is 27.0 Å². The molecule has 4 nitrogen and oxygen atoms in total. The van der Waals surface area contributed by atoms with Crippen molar-refractivity contribution in [1.82, 2.24) is 0 Å². The fourth-order valence-corrected chi connectivity index (χ4v) is 0. The summed E-state index contributed by atoms with van der Waals surface area (Å²) in [7, 11) is -0.458. The minimum absolute atomic E-state index is 0. The van der Waals surface area contributed by atoms with Crippen molar-refractivity contribution < 1.29 is 34.1 Å². The second-order valence-electron chi connectivity index (χ2n) is 0.448. The van der Waals surface area contributed by atoms with Crippen LogP contribution in [0, 0.1) is 0 Å². The van der Waals surface area contributed by atoms with Crippen LogP contribution in [0.15, 0.2) is 0 Å². The molecule has 0 saturated heterocycles. The van der Waals surface area contributed by atoms with Crippen LogP contribution < -0.4 is 0 Å². The van der Waals surface area contributed by atoms with Gasteiger partial charge in [0.15, 0.2) is 0 Å². The van der Waals surface area contributed by atoms with E-state index >= 15 is 0 Å². The van der Waals surface area contributed by atoms with E-state index < -0.39 is 10.4 Å². The van der Waals surface area contributed by atoms with Gasteiger partial charge in [0.05, 0.1) is 0 Å². The van der Waals surface area contributed by atoms with E-state index in [1.807, 2.05) is 0 Å². The predicted octanol–water partition coefficient (Wildman–Crippen LogP) is -0.923. The second kappa shape index (κ2) is 9.28. The van der Waals surface area contributed by atoms with Crippen molar-refractivity contribution in [2.45, 2.75) is 0 Å². The van der Waals surface area contributed by atoms with Crippen LogP contribution in [-0.4, -0.2) is 66.4 Å². The molecule has 0 aliphatic heterocycles. The standard InChI is InChI=1S/Ba.H2O4S.S.Zn.2H/c;1-5(2,3)4;;;;/h;(H2,1,2,3,4);;;;. The molecule has 0 spiro atoms. The van der Waals surface area contributed by atoms with Crippen molar-refractivity contribution in [3.05, 3.63) is 0 Å². The Balaban J connectivity index is -0.0000000750. The maximum absolute atomic E-state index is 8.74. The third kappa shape index (κ3) is 84.2. The number of rotatable bonds is 0. The van der Waals surface area contributed by atoms with E-state index in [1.54, 1.807) is 0 Å². The second-order valence-corrected chi connectivity index (χ2v) is 1.34. The summed E-state index contributed by atoms with van der Waals surface area (Å²) in [6.07, 6.45) is 0. The summed E-state index contributed by atoms with van der Waals surface area (Å²) in [5, 5.41) is 0. The first-order valence-electron chi connectivity index (χ1n) is 0.987. The van der Waals surface area contributed by atoms with Gasteiger partial charge in [-0.05, 0) is 0 Å². The summed E-state index contributed by atoms with van der Waals surface area (Å²) in [5.74, 6) is 0. The van der Waals surface area contributed by atoms with Gasteiger partial charge in [0.1, 0.15) is 0 Å². The van der Waals surface area contributed by atoms with Crippen molar-refractivity contribution in [3.8, 4) is 0 Å². The van der Waals surface area contributed by atoms with E-state index in [0.29, 0.717) is 0 Å². The molecule has 0 aromatic carbocycles. The van der Waals surface area contributed by atoms with Crippen LogP contribution in [0.3, 0.4) is 0 Å². The van der Waals surface area contributed by atoms with Crippen LogP contribution in [0.4, 0.5) is 0 Å². The summed E-state index contributed by atoms with van der Waals surface area (Å²) in [6.45, 7) is 0. The molecule has 0 radical (unpaired) electrons. The van der Waals surface area contributed by atoms with Gasteiger partial charge in [-0.2, -0.15) is 8.42 Å². The Hall–Kier alpha value is 2.28. The molecule has 0 aromatic heterocycles. The first kappa shape index (κ1) is 16.7. The van der Waals surface area contributed by atoms with Gasteiger partial charge in [0.2, 0.25) is 0 Å². The fraction of sp³-hybridized carbons (Fsp3) is 0. The molecule has 0 bridgehead atoms.